The van der Waals surface area contributed by atoms with Crippen LogP contribution in [-0.4, -0.2) is 33.6 Å². The van der Waals surface area contributed by atoms with Gasteiger partial charge in [-0.15, -0.1) is 0 Å². The van der Waals surface area contributed by atoms with Crippen molar-refractivity contribution in [1.82, 2.24) is 14.5 Å². The van der Waals surface area contributed by atoms with E-state index in [1.54, 1.807) is 0 Å². The van der Waals surface area contributed by atoms with Crippen LogP contribution in [0.5, 0.6) is 0 Å². The van der Waals surface area contributed by atoms with Crippen molar-refractivity contribution in [2.24, 2.45) is 11.8 Å². The van der Waals surface area contributed by atoms with E-state index in [2.05, 4.69) is 46.5 Å². The highest BCUT2D eigenvalue weighted by atomic mass is 15.2. The summed E-state index contributed by atoms with van der Waals surface area (Å²) in [5.74, 6) is 1.89. The van der Waals surface area contributed by atoms with Gasteiger partial charge in [0.15, 0.2) is 0 Å². The topological polar surface area (TPSA) is 21.1 Å². The number of imidazole rings is 1. The van der Waals surface area contributed by atoms with Crippen LogP contribution in [0.1, 0.15) is 38.2 Å². The lowest BCUT2D eigenvalue weighted by Gasteiger charge is -2.50. The van der Waals surface area contributed by atoms with Gasteiger partial charge in [0.25, 0.3) is 0 Å². The van der Waals surface area contributed by atoms with E-state index >= 15 is 0 Å². The van der Waals surface area contributed by atoms with Crippen molar-refractivity contribution < 1.29 is 0 Å². The lowest BCUT2D eigenvalue weighted by molar-refractivity contribution is -0.00192. The molecule has 0 radical (unpaired) electrons. The summed E-state index contributed by atoms with van der Waals surface area (Å²) in [6.45, 7) is 8.10. The summed E-state index contributed by atoms with van der Waals surface area (Å²) < 4.78 is 2.34. The largest absolute Gasteiger partial charge is 0.329 e. The second-order valence-corrected chi connectivity index (χ2v) is 7.34. The highest BCUT2D eigenvalue weighted by Gasteiger charge is 2.39. The molecule has 3 atom stereocenters. The minimum atomic E-state index is 0.839. The number of fused-ring (bicyclic) bond motifs is 4. The molecule has 1 aliphatic carbocycles. The van der Waals surface area contributed by atoms with Gasteiger partial charge in [-0.3, -0.25) is 4.90 Å². The third-order valence-electron chi connectivity index (χ3n) is 5.94. The number of hydrogen-bond acceptors (Lipinski definition) is 2. The Labute approximate surface area is 133 Å². The molecule has 2 aromatic rings. The van der Waals surface area contributed by atoms with E-state index in [1.807, 2.05) is 6.33 Å². The van der Waals surface area contributed by atoms with Crippen LogP contribution >= 0.6 is 0 Å². The molecule has 1 aromatic carbocycles. The quantitative estimate of drug-likeness (QED) is 0.854. The van der Waals surface area contributed by atoms with Gasteiger partial charge in [0.2, 0.25) is 0 Å². The highest BCUT2D eigenvalue weighted by molar-refractivity contribution is 5.75. The standard InChI is InChI=1S/C19H27N3/c1-3-16-11-15-5-7-18(16)21(12-15)8-9-22-13-20-17-6-4-14(2)10-19(17)22/h4,6,10,13,15-16,18H,3,5,7-9,11-12H2,1-2H3. The van der Waals surface area contributed by atoms with Gasteiger partial charge in [0.05, 0.1) is 17.4 Å². The Balaban J connectivity index is 1.49. The minimum absolute atomic E-state index is 0.839. The predicted octanol–water partition coefficient (Wildman–Crippen LogP) is 3.86. The molecule has 3 fully saturated rings. The fraction of sp³-hybridized carbons (Fsp3) is 0.632. The van der Waals surface area contributed by atoms with Crippen molar-refractivity contribution in [2.75, 3.05) is 13.1 Å². The molecule has 22 heavy (non-hydrogen) atoms. The second-order valence-electron chi connectivity index (χ2n) is 7.34. The molecule has 2 aliphatic heterocycles. The van der Waals surface area contributed by atoms with Crippen molar-refractivity contribution >= 4 is 11.0 Å². The molecule has 2 bridgehead atoms. The van der Waals surface area contributed by atoms with E-state index in [9.17, 15) is 0 Å². The fourth-order valence-corrected chi connectivity index (χ4v) is 4.74. The average Bonchev–Trinajstić information content (AvgIpc) is 2.95. The number of benzene rings is 1. The molecule has 0 N–H and O–H groups in total. The zero-order chi connectivity index (χ0) is 15.1. The first kappa shape index (κ1) is 14.3. The van der Waals surface area contributed by atoms with Crippen LogP contribution in [-0.2, 0) is 6.54 Å². The maximum absolute atomic E-state index is 4.55. The number of hydrogen-bond donors (Lipinski definition) is 0. The first-order valence-corrected chi connectivity index (χ1v) is 8.90. The van der Waals surface area contributed by atoms with E-state index in [1.165, 1.54) is 49.9 Å². The van der Waals surface area contributed by atoms with Crippen LogP contribution in [0.3, 0.4) is 0 Å². The van der Waals surface area contributed by atoms with Gasteiger partial charge in [-0.25, -0.2) is 4.98 Å². The maximum atomic E-state index is 4.55. The van der Waals surface area contributed by atoms with Crippen LogP contribution in [0, 0.1) is 18.8 Å². The van der Waals surface area contributed by atoms with Crippen LogP contribution in [0.25, 0.3) is 11.0 Å². The summed E-state index contributed by atoms with van der Waals surface area (Å²) in [7, 11) is 0. The third-order valence-corrected chi connectivity index (χ3v) is 5.94. The Hall–Kier alpha value is -1.35. The van der Waals surface area contributed by atoms with Crippen molar-refractivity contribution in [3.63, 3.8) is 0 Å². The number of aromatic nitrogens is 2. The van der Waals surface area contributed by atoms with Crippen LogP contribution in [0.4, 0.5) is 0 Å². The number of nitrogens with zero attached hydrogens (tertiary/aromatic N) is 3. The third kappa shape index (κ3) is 2.45. The van der Waals surface area contributed by atoms with Crippen molar-refractivity contribution in [3.8, 4) is 0 Å². The molecular formula is C19H27N3. The van der Waals surface area contributed by atoms with Gasteiger partial charge in [-0.05, 0) is 55.7 Å². The summed E-state index contributed by atoms with van der Waals surface area (Å²) in [5.41, 5.74) is 3.73. The molecule has 1 aromatic heterocycles. The number of rotatable bonds is 4. The van der Waals surface area contributed by atoms with Crippen LogP contribution in [0.2, 0.25) is 0 Å². The van der Waals surface area contributed by atoms with E-state index in [0.717, 1.165) is 29.9 Å². The summed E-state index contributed by atoms with van der Waals surface area (Å²) >= 11 is 0. The molecule has 1 saturated carbocycles. The second kappa shape index (κ2) is 5.69. The Kier molecular flexibility index (Phi) is 3.69. The highest BCUT2D eigenvalue weighted by Crippen LogP contribution is 2.40. The van der Waals surface area contributed by atoms with Gasteiger partial charge >= 0.3 is 0 Å². The molecule has 3 unspecified atom stereocenters. The fourth-order valence-electron chi connectivity index (χ4n) is 4.74. The van der Waals surface area contributed by atoms with Gasteiger partial charge in [-0.1, -0.05) is 19.4 Å². The van der Waals surface area contributed by atoms with Gasteiger partial charge in [0.1, 0.15) is 0 Å². The monoisotopic (exact) mass is 297 g/mol. The Morgan fingerprint density at radius 2 is 2.14 bits per heavy atom. The van der Waals surface area contributed by atoms with E-state index in [-0.39, 0.29) is 0 Å². The zero-order valence-corrected chi connectivity index (χ0v) is 13.8. The van der Waals surface area contributed by atoms with Crippen molar-refractivity contribution in [3.05, 3.63) is 30.1 Å². The van der Waals surface area contributed by atoms with Crippen LogP contribution in [0.15, 0.2) is 24.5 Å². The first-order valence-electron chi connectivity index (χ1n) is 8.90. The zero-order valence-electron chi connectivity index (χ0n) is 13.8. The molecule has 118 valence electrons. The molecule has 5 rings (SSSR count). The molecule has 0 spiro atoms. The first-order chi connectivity index (χ1) is 10.7. The molecular weight excluding hydrogens is 270 g/mol. The Bertz CT molecular complexity index is 660. The predicted molar refractivity (Wildman–Crippen MR) is 91.0 cm³/mol. The van der Waals surface area contributed by atoms with Gasteiger partial charge in [-0.2, -0.15) is 0 Å². The smallest absolute Gasteiger partial charge is 0.0958 e. The van der Waals surface area contributed by atoms with Crippen molar-refractivity contribution in [1.29, 1.82) is 0 Å². The minimum Gasteiger partial charge on any atom is -0.329 e. The van der Waals surface area contributed by atoms with E-state index in [4.69, 9.17) is 0 Å². The Morgan fingerprint density at radius 1 is 1.23 bits per heavy atom. The van der Waals surface area contributed by atoms with Crippen molar-refractivity contribution in [2.45, 2.75) is 52.1 Å². The summed E-state index contributed by atoms with van der Waals surface area (Å²) in [5, 5.41) is 0. The van der Waals surface area contributed by atoms with E-state index in [0.29, 0.717) is 0 Å². The molecule has 3 heterocycles. The molecule has 3 aliphatic rings. The summed E-state index contributed by atoms with van der Waals surface area (Å²) in [4.78, 5) is 7.32. The van der Waals surface area contributed by atoms with E-state index < -0.39 is 0 Å². The summed E-state index contributed by atoms with van der Waals surface area (Å²) in [6.07, 6.45) is 7.73. The Morgan fingerprint density at radius 3 is 2.95 bits per heavy atom. The molecule has 3 heteroatoms. The molecule has 0 amide bonds. The van der Waals surface area contributed by atoms with Gasteiger partial charge in [0, 0.05) is 25.7 Å². The number of aryl methyl sites for hydroxylation is 1. The molecule has 2 saturated heterocycles. The lowest BCUT2D eigenvalue weighted by Crippen LogP contribution is -2.53. The normalized spacial score (nSPS) is 28.5. The lowest BCUT2D eigenvalue weighted by atomic mass is 9.72. The summed E-state index contributed by atoms with van der Waals surface area (Å²) in [6, 6.07) is 7.39. The SMILES string of the molecule is CCC1CC2CCC1N(CCn1cnc3ccc(C)cc31)C2. The number of piperidine rings is 2. The maximum Gasteiger partial charge on any atom is 0.0958 e. The molecule has 3 nitrogen and oxygen atoms in total. The van der Waals surface area contributed by atoms with Gasteiger partial charge < -0.3 is 4.57 Å². The average molecular weight is 297 g/mol. The van der Waals surface area contributed by atoms with Crippen LogP contribution < -0.4 is 0 Å².